The third-order valence-electron chi connectivity index (χ3n) is 5.15. The molecule has 0 amide bonds. The standard InChI is InChI=1S/C14H27NO2/c1-11-3-5-13(10-15,6-4-11)14(16)7-8-17-12(2)9-14/h11-12,16H,3-10,15H2,1-2H3. The normalized spacial score (nSPS) is 48.0. The van der Waals surface area contributed by atoms with E-state index in [1.165, 1.54) is 12.8 Å². The summed E-state index contributed by atoms with van der Waals surface area (Å²) in [5, 5.41) is 11.0. The van der Waals surface area contributed by atoms with Crippen molar-refractivity contribution >= 4 is 0 Å². The monoisotopic (exact) mass is 241 g/mol. The van der Waals surface area contributed by atoms with Gasteiger partial charge < -0.3 is 15.6 Å². The first-order valence-electron chi connectivity index (χ1n) is 7.05. The number of ether oxygens (including phenoxy) is 1. The van der Waals surface area contributed by atoms with E-state index in [0.717, 1.165) is 31.6 Å². The molecule has 3 heteroatoms. The highest BCUT2D eigenvalue weighted by Crippen LogP contribution is 2.50. The van der Waals surface area contributed by atoms with Crippen LogP contribution in [0.25, 0.3) is 0 Å². The highest BCUT2D eigenvalue weighted by Gasteiger charge is 2.51. The van der Waals surface area contributed by atoms with Crippen molar-refractivity contribution in [3.05, 3.63) is 0 Å². The van der Waals surface area contributed by atoms with Crippen LogP contribution in [0.4, 0.5) is 0 Å². The molecule has 3 N–H and O–H groups in total. The summed E-state index contributed by atoms with van der Waals surface area (Å²) in [7, 11) is 0. The van der Waals surface area contributed by atoms with E-state index in [0.29, 0.717) is 13.2 Å². The maximum Gasteiger partial charge on any atom is 0.0762 e. The van der Waals surface area contributed by atoms with Crippen molar-refractivity contribution in [1.29, 1.82) is 0 Å². The van der Waals surface area contributed by atoms with Gasteiger partial charge in [0.2, 0.25) is 0 Å². The summed E-state index contributed by atoms with van der Waals surface area (Å²) in [4.78, 5) is 0. The van der Waals surface area contributed by atoms with Crippen molar-refractivity contribution < 1.29 is 9.84 Å². The second-order valence-electron chi connectivity index (χ2n) is 6.33. The van der Waals surface area contributed by atoms with Crippen LogP contribution < -0.4 is 5.73 Å². The Labute approximate surface area is 105 Å². The quantitative estimate of drug-likeness (QED) is 0.778. The first-order chi connectivity index (χ1) is 8.01. The molecule has 17 heavy (non-hydrogen) atoms. The Hall–Kier alpha value is -0.120. The first-order valence-corrected chi connectivity index (χ1v) is 7.05. The molecular weight excluding hydrogens is 214 g/mol. The average molecular weight is 241 g/mol. The SMILES string of the molecule is CC1CCC(CN)(C2(O)CCOC(C)C2)CC1. The Morgan fingerprint density at radius 2 is 1.88 bits per heavy atom. The van der Waals surface area contributed by atoms with Crippen LogP contribution in [-0.2, 0) is 4.74 Å². The van der Waals surface area contributed by atoms with Gasteiger partial charge in [-0.25, -0.2) is 0 Å². The Kier molecular flexibility index (Phi) is 3.81. The van der Waals surface area contributed by atoms with Gasteiger partial charge in [-0.05, 0) is 25.7 Å². The van der Waals surface area contributed by atoms with Crippen molar-refractivity contribution in [2.24, 2.45) is 17.1 Å². The lowest BCUT2D eigenvalue weighted by molar-refractivity contribution is -0.174. The van der Waals surface area contributed by atoms with Gasteiger partial charge in [-0.15, -0.1) is 0 Å². The zero-order valence-electron chi connectivity index (χ0n) is 11.2. The van der Waals surface area contributed by atoms with E-state index < -0.39 is 5.60 Å². The van der Waals surface area contributed by atoms with E-state index in [9.17, 15) is 5.11 Å². The minimum atomic E-state index is -0.598. The number of nitrogens with two attached hydrogens (primary N) is 1. The molecule has 1 saturated heterocycles. The average Bonchev–Trinajstić information content (AvgIpc) is 2.30. The van der Waals surface area contributed by atoms with Crippen LogP contribution in [0.1, 0.15) is 52.4 Å². The summed E-state index contributed by atoms with van der Waals surface area (Å²) in [6, 6.07) is 0. The van der Waals surface area contributed by atoms with E-state index >= 15 is 0 Å². The summed E-state index contributed by atoms with van der Waals surface area (Å²) in [6.07, 6.45) is 6.23. The maximum atomic E-state index is 11.0. The van der Waals surface area contributed by atoms with E-state index in [1.807, 2.05) is 0 Å². The minimum Gasteiger partial charge on any atom is -0.389 e. The van der Waals surface area contributed by atoms with Gasteiger partial charge in [0.1, 0.15) is 0 Å². The van der Waals surface area contributed by atoms with E-state index in [2.05, 4.69) is 13.8 Å². The molecule has 2 aliphatic rings. The Morgan fingerprint density at radius 3 is 2.41 bits per heavy atom. The Balaban J connectivity index is 2.15. The Bertz CT molecular complexity index is 261. The van der Waals surface area contributed by atoms with Crippen LogP contribution >= 0.6 is 0 Å². The number of hydrogen-bond donors (Lipinski definition) is 2. The number of aliphatic hydroxyl groups is 1. The maximum absolute atomic E-state index is 11.0. The minimum absolute atomic E-state index is 0.0580. The van der Waals surface area contributed by atoms with Crippen molar-refractivity contribution in [1.82, 2.24) is 0 Å². The van der Waals surface area contributed by atoms with Crippen LogP contribution in [0.2, 0.25) is 0 Å². The molecule has 2 fully saturated rings. The molecule has 0 spiro atoms. The molecule has 1 heterocycles. The lowest BCUT2D eigenvalue weighted by Crippen LogP contribution is -2.57. The summed E-state index contributed by atoms with van der Waals surface area (Å²) < 4.78 is 5.57. The molecule has 0 aromatic rings. The van der Waals surface area contributed by atoms with Gasteiger partial charge in [0.05, 0.1) is 11.7 Å². The molecule has 1 saturated carbocycles. The molecular formula is C14H27NO2. The fourth-order valence-electron chi connectivity index (χ4n) is 3.72. The molecule has 3 nitrogen and oxygen atoms in total. The predicted molar refractivity (Wildman–Crippen MR) is 68.7 cm³/mol. The first kappa shape index (κ1) is 13.3. The fourth-order valence-corrected chi connectivity index (χ4v) is 3.72. The van der Waals surface area contributed by atoms with Crippen molar-refractivity contribution in [3.63, 3.8) is 0 Å². The van der Waals surface area contributed by atoms with Gasteiger partial charge in [0.15, 0.2) is 0 Å². The van der Waals surface area contributed by atoms with Crippen LogP contribution in [-0.4, -0.2) is 30.0 Å². The zero-order valence-corrected chi connectivity index (χ0v) is 11.2. The number of hydrogen-bond acceptors (Lipinski definition) is 3. The molecule has 2 unspecified atom stereocenters. The lowest BCUT2D eigenvalue weighted by atomic mass is 9.58. The third-order valence-corrected chi connectivity index (χ3v) is 5.15. The second kappa shape index (κ2) is 4.87. The predicted octanol–water partition coefficient (Wildman–Crippen LogP) is 2.07. The summed E-state index contributed by atoms with van der Waals surface area (Å²) in [5.74, 6) is 0.788. The molecule has 2 rings (SSSR count). The third kappa shape index (κ3) is 2.38. The van der Waals surface area contributed by atoms with Crippen molar-refractivity contribution in [3.8, 4) is 0 Å². The van der Waals surface area contributed by atoms with Gasteiger partial charge in [-0.1, -0.05) is 19.8 Å². The topological polar surface area (TPSA) is 55.5 Å². The van der Waals surface area contributed by atoms with Crippen LogP contribution in [0.3, 0.4) is 0 Å². The van der Waals surface area contributed by atoms with E-state index in [-0.39, 0.29) is 11.5 Å². The molecule has 100 valence electrons. The smallest absolute Gasteiger partial charge is 0.0762 e. The van der Waals surface area contributed by atoms with Crippen LogP contribution in [0.15, 0.2) is 0 Å². The molecule has 0 radical (unpaired) electrons. The summed E-state index contributed by atoms with van der Waals surface area (Å²) >= 11 is 0. The van der Waals surface area contributed by atoms with E-state index in [4.69, 9.17) is 10.5 Å². The molecule has 0 aromatic heterocycles. The summed E-state index contributed by atoms with van der Waals surface area (Å²) in [5.41, 5.74) is 5.39. The van der Waals surface area contributed by atoms with E-state index in [1.54, 1.807) is 0 Å². The molecule has 0 bridgehead atoms. The highest BCUT2D eigenvalue weighted by molar-refractivity contribution is 5.03. The van der Waals surface area contributed by atoms with Gasteiger partial charge in [-0.2, -0.15) is 0 Å². The summed E-state index contributed by atoms with van der Waals surface area (Å²) in [6.45, 7) is 5.65. The van der Waals surface area contributed by atoms with Crippen molar-refractivity contribution in [2.45, 2.75) is 64.1 Å². The molecule has 1 aliphatic heterocycles. The zero-order chi connectivity index (χ0) is 12.5. The second-order valence-corrected chi connectivity index (χ2v) is 6.33. The molecule has 1 aliphatic carbocycles. The van der Waals surface area contributed by atoms with Gasteiger partial charge >= 0.3 is 0 Å². The largest absolute Gasteiger partial charge is 0.389 e. The van der Waals surface area contributed by atoms with Gasteiger partial charge in [0.25, 0.3) is 0 Å². The Morgan fingerprint density at radius 1 is 1.24 bits per heavy atom. The number of rotatable bonds is 2. The van der Waals surface area contributed by atoms with Gasteiger partial charge in [-0.3, -0.25) is 0 Å². The van der Waals surface area contributed by atoms with Crippen molar-refractivity contribution in [2.75, 3.05) is 13.2 Å². The van der Waals surface area contributed by atoms with Crippen LogP contribution in [0, 0.1) is 11.3 Å². The molecule has 2 atom stereocenters. The van der Waals surface area contributed by atoms with Gasteiger partial charge in [0, 0.05) is 31.4 Å². The highest BCUT2D eigenvalue weighted by atomic mass is 16.5. The fraction of sp³-hybridized carbons (Fsp3) is 1.00. The lowest BCUT2D eigenvalue weighted by Gasteiger charge is -2.53. The molecule has 0 aromatic carbocycles. The van der Waals surface area contributed by atoms with Crippen LogP contribution in [0.5, 0.6) is 0 Å².